The summed E-state index contributed by atoms with van der Waals surface area (Å²) in [6.07, 6.45) is 9.62. The van der Waals surface area contributed by atoms with Crippen LogP contribution in [0.15, 0.2) is 24.3 Å². The minimum absolute atomic E-state index is 0.0852. The summed E-state index contributed by atoms with van der Waals surface area (Å²) in [5, 5.41) is 0. The lowest BCUT2D eigenvalue weighted by Crippen LogP contribution is -2.09. The molecule has 138 valence electrons. The van der Waals surface area contributed by atoms with E-state index in [0.29, 0.717) is 19.1 Å². The molecule has 1 fully saturated rings. The van der Waals surface area contributed by atoms with Crippen molar-refractivity contribution in [2.45, 2.75) is 46.0 Å². The lowest BCUT2D eigenvalue weighted by molar-refractivity contribution is -0.00886. The van der Waals surface area contributed by atoms with Crippen molar-refractivity contribution >= 4 is 5.78 Å². The molecule has 1 aliphatic rings. The Hall–Kier alpha value is -1.65. The molecule has 1 aromatic rings. The zero-order valence-corrected chi connectivity index (χ0v) is 15.7. The van der Waals surface area contributed by atoms with Gasteiger partial charge in [0.05, 0.1) is 13.2 Å². The molecule has 0 aliphatic heterocycles. The quantitative estimate of drug-likeness (QED) is 0.271. The van der Waals surface area contributed by atoms with Crippen molar-refractivity contribution in [3.8, 4) is 5.75 Å². The lowest BCUT2D eigenvalue weighted by Gasteiger charge is -2.14. The highest BCUT2D eigenvalue weighted by Crippen LogP contribution is 2.27. The van der Waals surface area contributed by atoms with Crippen LogP contribution in [0, 0.1) is 12.8 Å². The highest BCUT2D eigenvalue weighted by atomic mass is 16.7. The molecule has 0 atom stereocenters. The normalized spacial score (nSPS) is 15.2. The average molecular weight is 346 g/mol. The molecule has 0 unspecified atom stereocenters. The van der Waals surface area contributed by atoms with Gasteiger partial charge >= 0.3 is 0 Å². The van der Waals surface area contributed by atoms with Crippen molar-refractivity contribution in [3.05, 3.63) is 41.0 Å². The van der Waals surface area contributed by atoms with Crippen LogP contribution in [0.2, 0.25) is 0 Å². The number of methoxy groups -OCH3 is 1. The van der Waals surface area contributed by atoms with E-state index in [1.807, 2.05) is 19.1 Å². The Morgan fingerprint density at radius 2 is 2.00 bits per heavy atom. The molecule has 0 aromatic heterocycles. The largest absolute Gasteiger partial charge is 0.467 e. The van der Waals surface area contributed by atoms with Gasteiger partial charge in [-0.05, 0) is 61.4 Å². The smallest absolute Gasteiger partial charge is 0.189 e. The van der Waals surface area contributed by atoms with Gasteiger partial charge in [0, 0.05) is 12.7 Å². The van der Waals surface area contributed by atoms with Crippen LogP contribution in [0.5, 0.6) is 5.75 Å². The molecule has 0 heterocycles. The molecule has 4 heteroatoms. The molecule has 1 saturated carbocycles. The molecular formula is C21H30O4. The van der Waals surface area contributed by atoms with E-state index >= 15 is 0 Å². The predicted molar refractivity (Wildman–Crippen MR) is 99.3 cm³/mol. The molecule has 0 radical (unpaired) electrons. The molecule has 0 bridgehead atoms. The number of hydrogen-bond acceptors (Lipinski definition) is 4. The maximum atomic E-state index is 12.6. The summed E-state index contributed by atoms with van der Waals surface area (Å²) in [5.41, 5.74) is 2.72. The van der Waals surface area contributed by atoms with Crippen LogP contribution in [0.4, 0.5) is 0 Å². The second-order valence-electron chi connectivity index (χ2n) is 6.56. The summed E-state index contributed by atoms with van der Waals surface area (Å²) in [6.45, 7) is 5.24. The molecule has 4 nitrogen and oxygen atoms in total. The molecule has 0 N–H and O–H groups in total. The first-order chi connectivity index (χ1) is 12.2. The fourth-order valence-corrected chi connectivity index (χ4v) is 3.17. The molecule has 0 amide bonds. The fraction of sp³-hybridized carbons (Fsp3) is 0.571. The summed E-state index contributed by atoms with van der Waals surface area (Å²) in [4.78, 5) is 12.6. The zero-order valence-electron chi connectivity index (χ0n) is 15.7. The minimum Gasteiger partial charge on any atom is -0.467 e. The SMILES string of the molecule is CCc1cc(C(=O)C=CC2CCCC2)c(C)cc1OCOCCOC. The molecule has 1 aromatic carbocycles. The zero-order chi connectivity index (χ0) is 18.1. The third-order valence-electron chi connectivity index (χ3n) is 4.70. The Balaban J connectivity index is 2.02. The predicted octanol–water partition coefficient (Wildman–Crippen LogP) is 4.49. The number of hydrogen-bond donors (Lipinski definition) is 0. The van der Waals surface area contributed by atoms with Gasteiger partial charge in [0.1, 0.15) is 5.75 Å². The van der Waals surface area contributed by atoms with Crippen molar-refractivity contribution in [1.29, 1.82) is 0 Å². The van der Waals surface area contributed by atoms with Crippen LogP contribution >= 0.6 is 0 Å². The first kappa shape index (κ1) is 19.7. The Morgan fingerprint density at radius 3 is 2.68 bits per heavy atom. The maximum absolute atomic E-state index is 12.6. The third kappa shape index (κ3) is 5.98. The van der Waals surface area contributed by atoms with Crippen molar-refractivity contribution in [1.82, 2.24) is 0 Å². The number of carbonyl (C=O) groups is 1. The van der Waals surface area contributed by atoms with Gasteiger partial charge in [0.25, 0.3) is 0 Å². The van der Waals surface area contributed by atoms with E-state index in [1.165, 1.54) is 25.7 Å². The summed E-state index contributed by atoms with van der Waals surface area (Å²) < 4.78 is 16.0. The Morgan fingerprint density at radius 1 is 1.24 bits per heavy atom. The van der Waals surface area contributed by atoms with E-state index in [-0.39, 0.29) is 12.6 Å². The number of allylic oxidation sites excluding steroid dienone is 2. The van der Waals surface area contributed by atoms with Crippen LogP contribution in [0.1, 0.15) is 54.1 Å². The number of carbonyl (C=O) groups excluding carboxylic acids is 1. The number of ketones is 1. The van der Waals surface area contributed by atoms with Gasteiger partial charge in [-0.25, -0.2) is 0 Å². The maximum Gasteiger partial charge on any atom is 0.189 e. The lowest BCUT2D eigenvalue weighted by atomic mass is 9.98. The van der Waals surface area contributed by atoms with Gasteiger partial charge in [0.2, 0.25) is 0 Å². The molecule has 25 heavy (non-hydrogen) atoms. The molecule has 2 rings (SSSR count). The van der Waals surface area contributed by atoms with E-state index in [0.717, 1.165) is 28.9 Å². The van der Waals surface area contributed by atoms with Gasteiger partial charge in [-0.1, -0.05) is 25.8 Å². The topological polar surface area (TPSA) is 44.8 Å². The van der Waals surface area contributed by atoms with E-state index in [4.69, 9.17) is 14.2 Å². The van der Waals surface area contributed by atoms with Gasteiger partial charge < -0.3 is 14.2 Å². The van der Waals surface area contributed by atoms with Gasteiger partial charge in [-0.2, -0.15) is 0 Å². The first-order valence-corrected chi connectivity index (χ1v) is 9.21. The van der Waals surface area contributed by atoms with Crippen LogP contribution in [0.3, 0.4) is 0 Å². The molecule has 1 aliphatic carbocycles. The summed E-state index contributed by atoms with van der Waals surface area (Å²) in [5.74, 6) is 1.44. The summed E-state index contributed by atoms with van der Waals surface area (Å²) >= 11 is 0. The third-order valence-corrected chi connectivity index (χ3v) is 4.70. The fourth-order valence-electron chi connectivity index (χ4n) is 3.17. The number of rotatable bonds is 10. The van der Waals surface area contributed by atoms with Crippen molar-refractivity contribution < 1.29 is 19.0 Å². The summed E-state index contributed by atoms with van der Waals surface area (Å²) in [7, 11) is 1.64. The molecule has 0 spiro atoms. The van der Waals surface area contributed by atoms with Crippen molar-refractivity contribution in [2.24, 2.45) is 5.92 Å². The number of ether oxygens (including phenoxy) is 3. The average Bonchev–Trinajstić information content (AvgIpc) is 3.13. The highest BCUT2D eigenvalue weighted by molar-refractivity contribution is 6.05. The van der Waals surface area contributed by atoms with Gasteiger partial charge in [-0.15, -0.1) is 0 Å². The highest BCUT2D eigenvalue weighted by Gasteiger charge is 2.15. The van der Waals surface area contributed by atoms with Crippen LogP contribution < -0.4 is 4.74 Å². The first-order valence-electron chi connectivity index (χ1n) is 9.21. The monoisotopic (exact) mass is 346 g/mol. The Labute approximate surface area is 151 Å². The Bertz CT molecular complexity index is 586. The number of benzene rings is 1. The Kier molecular flexibility index (Phi) is 8.16. The molecule has 0 saturated heterocycles. The van der Waals surface area contributed by atoms with E-state index in [9.17, 15) is 4.79 Å². The second kappa shape index (κ2) is 10.4. The van der Waals surface area contributed by atoms with Gasteiger partial charge in [-0.3, -0.25) is 4.79 Å². The summed E-state index contributed by atoms with van der Waals surface area (Å²) in [6, 6.07) is 3.90. The van der Waals surface area contributed by atoms with E-state index < -0.39 is 0 Å². The number of aryl methyl sites for hydroxylation is 2. The van der Waals surface area contributed by atoms with Crippen molar-refractivity contribution in [2.75, 3.05) is 27.1 Å². The van der Waals surface area contributed by atoms with Crippen LogP contribution in [-0.2, 0) is 15.9 Å². The van der Waals surface area contributed by atoms with E-state index in [1.54, 1.807) is 13.2 Å². The van der Waals surface area contributed by atoms with Crippen LogP contribution in [0.25, 0.3) is 0 Å². The van der Waals surface area contributed by atoms with Gasteiger partial charge in [0.15, 0.2) is 12.6 Å². The standard InChI is InChI=1S/C21H30O4/c1-4-18-14-19(20(22)10-9-17-7-5-6-8-17)16(2)13-21(18)25-15-24-12-11-23-3/h9-10,13-14,17H,4-8,11-12,15H2,1-3H3. The minimum atomic E-state index is 0.0852. The second-order valence-corrected chi connectivity index (χ2v) is 6.56. The van der Waals surface area contributed by atoms with Crippen molar-refractivity contribution in [3.63, 3.8) is 0 Å². The van der Waals surface area contributed by atoms with Crippen LogP contribution in [-0.4, -0.2) is 32.9 Å². The van der Waals surface area contributed by atoms with E-state index in [2.05, 4.69) is 13.0 Å². The molecular weight excluding hydrogens is 316 g/mol.